The highest BCUT2D eigenvalue weighted by molar-refractivity contribution is 7.86. The monoisotopic (exact) mass is 663 g/mol. The molecule has 0 fully saturated rings. The van der Waals surface area contributed by atoms with Gasteiger partial charge in [-0.1, -0.05) is 24.3 Å². The molecule has 46 heavy (non-hydrogen) atoms. The Hall–Kier alpha value is -5.75. The van der Waals surface area contributed by atoms with Crippen molar-refractivity contribution in [2.75, 3.05) is 5.73 Å². The van der Waals surface area contributed by atoms with Gasteiger partial charge in [-0.05, 0) is 65.7 Å². The van der Waals surface area contributed by atoms with E-state index < -0.39 is 47.1 Å². The molecular weight excluding hydrogens is 642 g/mol. The molecular formula is C29H21N5O10S2. The summed E-state index contributed by atoms with van der Waals surface area (Å²) in [5.41, 5.74) is 7.91. The lowest BCUT2D eigenvalue weighted by atomic mass is 10.1. The number of aromatic carboxylic acids is 1. The molecule has 0 unspecified atom stereocenters. The number of benzene rings is 5. The molecule has 0 aliphatic heterocycles. The molecule has 0 aliphatic rings. The first-order chi connectivity index (χ1) is 21.6. The van der Waals surface area contributed by atoms with Crippen molar-refractivity contribution in [3.8, 4) is 22.6 Å². The van der Waals surface area contributed by atoms with Gasteiger partial charge in [-0.25, -0.2) is 4.79 Å². The fourth-order valence-electron chi connectivity index (χ4n) is 4.36. The Balaban J connectivity index is 1.39. The molecule has 0 aliphatic carbocycles. The van der Waals surface area contributed by atoms with Crippen LogP contribution >= 0.6 is 0 Å². The molecule has 5 rings (SSSR count). The number of hydrogen-bond donors (Lipinski definition) is 6. The first-order valence-corrected chi connectivity index (χ1v) is 15.6. The lowest BCUT2D eigenvalue weighted by Crippen LogP contribution is -2.04. The zero-order valence-electron chi connectivity index (χ0n) is 23.0. The minimum Gasteiger partial charge on any atom is -0.507 e. The van der Waals surface area contributed by atoms with Crippen molar-refractivity contribution in [2.45, 2.75) is 9.79 Å². The lowest BCUT2D eigenvalue weighted by Gasteiger charge is -2.12. The van der Waals surface area contributed by atoms with Gasteiger partial charge in [0, 0.05) is 11.5 Å². The van der Waals surface area contributed by atoms with Crippen LogP contribution in [-0.4, -0.2) is 47.2 Å². The van der Waals surface area contributed by atoms with E-state index in [9.17, 15) is 40.9 Å². The van der Waals surface area contributed by atoms with Gasteiger partial charge in [0.25, 0.3) is 20.2 Å². The molecule has 0 bridgehead atoms. The SMILES string of the molecule is Nc1c(N=Nc2ccc(-c3ccc(N=Nc4ccc(O)c(C(=O)O)c4)cc3)cc2)cc(S(=O)(=O)O)c2cc(S(=O)(=O)O)cc(O)c12. The van der Waals surface area contributed by atoms with Crippen LogP contribution in [0, 0.1) is 0 Å². The summed E-state index contributed by atoms with van der Waals surface area (Å²) in [6.45, 7) is 0. The zero-order valence-corrected chi connectivity index (χ0v) is 24.7. The van der Waals surface area contributed by atoms with Crippen LogP contribution < -0.4 is 5.73 Å². The standard InChI is InChI=1S/C29H21N5O10S2/c30-28-23(14-26(46(42,43)44)22-12-20(45(39,40)41)13-25(36)27(22)28)34-32-18-7-3-16(4-8-18)15-1-5-17(6-2-15)31-33-19-9-10-24(35)21(11-19)29(37)38/h1-14,35-36H,30H2,(H,37,38)(H,39,40,41)(H,42,43,44). The van der Waals surface area contributed by atoms with Gasteiger partial charge in [-0.2, -0.15) is 32.2 Å². The molecule has 0 spiro atoms. The topological polar surface area (TPSA) is 262 Å². The van der Waals surface area contributed by atoms with Crippen molar-refractivity contribution in [1.29, 1.82) is 0 Å². The molecule has 5 aromatic rings. The Bertz CT molecular complexity index is 2310. The number of carbonyl (C=O) groups is 1. The van der Waals surface area contributed by atoms with Gasteiger partial charge in [0.15, 0.2) is 0 Å². The summed E-state index contributed by atoms with van der Waals surface area (Å²) < 4.78 is 66.5. The van der Waals surface area contributed by atoms with E-state index in [1.165, 1.54) is 18.2 Å². The number of azo groups is 2. The smallest absolute Gasteiger partial charge is 0.339 e. The van der Waals surface area contributed by atoms with E-state index >= 15 is 0 Å². The number of carboxylic acids is 1. The van der Waals surface area contributed by atoms with Crippen molar-refractivity contribution in [3.05, 3.63) is 90.5 Å². The molecule has 0 saturated heterocycles. The summed E-state index contributed by atoms with van der Waals surface area (Å²) in [5, 5.41) is 44.5. The van der Waals surface area contributed by atoms with E-state index in [-0.39, 0.29) is 33.8 Å². The van der Waals surface area contributed by atoms with E-state index in [1.54, 1.807) is 48.5 Å². The van der Waals surface area contributed by atoms with Gasteiger partial charge in [0.05, 0.1) is 33.0 Å². The summed E-state index contributed by atoms with van der Waals surface area (Å²) in [7, 11) is -9.83. The van der Waals surface area contributed by atoms with Gasteiger partial charge < -0.3 is 21.1 Å². The fraction of sp³-hybridized carbons (Fsp3) is 0. The summed E-state index contributed by atoms with van der Waals surface area (Å²) in [6, 6.07) is 19.7. The Kier molecular flexibility index (Phi) is 8.24. The highest BCUT2D eigenvalue weighted by atomic mass is 32.2. The second-order valence-corrected chi connectivity index (χ2v) is 12.4. The second-order valence-electron chi connectivity index (χ2n) is 9.62. The van der Waals surface area contributed by atoms with Crippen LogP contribution in [0.4, 0.5) is 28.4 Å². The number of nitrogens with two attached hydrogens (primary N) is 1. The Morgan fingerprint density at radius 2 is 1.15 bits per heavy atom. The van der Waals surface area contributed by atoms with Crippen LogP contribution in [0.1, 0.15) is 10.4 Å². The maximum atomic E-state index is 12.1. The second kappa shape index (κ2) is 12.0. The third kappa shape index (κ3) is 6.66. The largest absolute Gasteiger partial charge is 0.507 e. The third-order valence-electron chi connectivity index (χ3n) is 6.58. The fourth-order valence-corrected chi connectivity index (χ4v) is 5.58. The van der Waals surface area contributed by atoms with Crippen LogP contribution in [0.25, 0.3) is 21.9 Å². The van der Waals surface area contributed by atoms with Crippen LogP contribution in [-0.2, 0) is 20.2 Å². The average molecular weight is 664 g/mol. The predicted molar refractivity (Wildman–Crippen MR) is 165 cm³/mol. The number of carboxylic acid groups (broad SMARTS) is 1. The van der Waals surface area contributed by atoms with Crippen LogP contribution in [0.15, 0.2) is 115 Å². The summed E-state index contributed by atoms with van der Waals surface area (Å²) in [5.74, 6) is -2.46. The minimum atomic E-state index is -4.98. The summed E-state index contributed by atoms with van der Waals surface area (Å²) >= 11 is 0. The van der Waals surface area contributed by atoms with Crippen molar-refractivity contribution in [2.24, 2.45) is 20.5 Å². The third-order valence-corrected chi connectivity index (χ3v) is 8.30. The molecule has 5 aromatic carbocycles. The van der Waals surface area contributed by atoms with Crippen LogP contribution in [0.2, 0.25) is 0 Å². The molecule has 0 saturated carbocycles. The summed E-state index contributed by atoms with van der Waals surface area (Å²) in [6.07, 6.45) is 0. The van der Waals surface area contributed by atoms with Crippen LogP contribution in [0.5, 0.6) is 11.5 Å². The van der Waals surface area contributed by atoms with Crippen LogP contribution in [0.3, 0.4) is 0 Å². The number of rotatable bonds is 8. The quantitative estimate of drug-likeness (QED) is 0.0591. The number of fused-ring (bicyclic) bond motifs is 1. The molecule has 0 amide bonds. The van der Waals surface area contributed by atoms with Gasteiger partial charge in [-0.15, -0.1) is 5.11 Å². The Morgan fingerprint density at radius 1 is 0.630 bits per heavy atom. The van der Waals surface area contributed by atoms with E-state index in [0.29, 0.717) is 17.4 Å². The highest BCUT2D eigenvalue weighted by Crippen LogP contribution is 2.42. The molecule has 0 radical (unpaired) electrons. The van der Waals surface area contributed by atoms with E-state index in [4.69, 9.17) is 10.8 Å². The van der Waals surface area contributed by atoms with Gasteiger partial charge in [0.2, 0.25) is 0 Å². The van der Waals surface area contributed by atoms with Gasteiger partial charge in [-0.3, -0.25) is 9.11 Å². The van der Waals surface area contributed by atoms with Crippen molar-refractivity contribution in [3.63, 3.8) is 0 Å². The number of phenols is 2. The highest BCUT2D eigenvalue weighted by Gasteiger charge is 2.24. The number of nitrogen functional groups attached to an aromatic ring is 1. The van der Waals surface area contributed by atoms with E-state index in [0.717, 1.165) is 23.3 Å². The number of nitrogens with zero attached hydrogens (tertiary/aromatic N) is 4. The van der Waals surface area contributed by atoms with Gasteiger partial charge in [0.1, 0.15) is 27.6 Å². The molecule has 0 aromatic heterocycles. The van der Waals surface area contributed by atoms with Gasteiger partial charge >= 0.3 is 5.97 Å². The predicted octanol–water partition coefficient (Wildman–Crippen LogP) is 6.52. The van der Waals surface area contributed by atoms with E-state index in [1.807, 2.05) is 0 Å². The average Bonchev–Trinajstić information content (AvgIpc) is 2.99. The lowest BCUT2D eigenvalue weighted by molar-refractivity contribution is 0.0693. The molecule has 7 N–H and O–H groups in total. The maximum absolute atomic E-state index is 12.1. The molecule has 234 valence electrons. The number of aromatic hydroxyl groups is 2. The molecule has 0 atom stereocenters. The molecule has 15 nitrogen and oxygen atoms in total. The minimum absolute atomic E-state index is 0.242. The van der Waals surface area contributed by atoms with E-state index in [2.05, 4.69) is 20.5 Å². The van der Waals surface area contributed by atoms with Crippen molar-refractivity contribution in [1.82, 2.24) is 0 Å². The molecule has 17 heteroatoms. The Morgan fingerprint density at radius 3 is 1.67 bits per heavy atom. The normalized spacial score (nSPS) is 12.3. The van der Waals surface area contributed by atoms with Crippen molar-refractivity contribution >= 4 is 65.4 Å². The maximum Gasteiger partial charge on any atom is 0.339 e. The zero-order chi connectivity index (χ0) is 33.4. The first-order valence-electron chi connectivity index (χ1n) is 12.8. The Labute approximate surface area is 260 Å². The number of phenolic OH excluding ortho intramolecular Hbond substituents is 1. The molecule has 0 heterocycles. The summed E-state index contributed by atoms with van der Waals surface area (Å²) in [4.78, 5) is 9.54. The number of anilines is 1. The van der Waals surface area contributed by atoms with Crippen molar-refractivity contribution < 1.29 is 46.1 Å². The first kappa shape index (κ1) is 31.7. The number of hydrogen-bond acceptors (Lipinski definition) is 12.